The molecule has 21 heavy (non-hydrogen) atoms. The molecule has 0 aliphatic heterocycles. The Hall–Kier alpha value is -1.91. The van der Waals surface area contributed by atoms with Crippen molar-refractivity contribution in [3.05, 3.63) is 43.0 Å². The Labute approximate surface area is 122 Å². The van der Waals surface area contributed by atoms with E-state index in [1.165, 1.54) is 0 Å². The molecule has 0 saturated carbocycles. The number of esters is 2. The Morgan fingerprint density at radius 2 is 1.81 bits per heavy atom. The third-order valence-corrected chi connectivity index (χ3v) is 4.47. The standard InChI is InChI=1S/C14H17O6P/c1-2-13(15)19-9-10-20-14(16)8-11-21(17,18)12-6-4-3-5-7-12/h2-7H,1,8-11H2,(H,17,18). The fourth-order valence-electron chi connectivity index (χ4n) is 1.46. The summed E-state index contributed by atoms with van der Waals surface area (Å²) in [5.41, 5.74) is 0. The first-order valence-electron chi connectivity index (χ1n) is 6.28. The molecule has 0 aliphatic carbocycles. The molecule has 1 atom stereocenters. The van der Waals surface area contributed by atoms with Crippen LogP contribution in [-0.4, -0.2) is 36.2 Å². The van der Waals surface area contributed by atoms with Gasteiger partial charge in [-0.15, -0.1) is 0 Å². The van der Waals surface area contributed by atoms with E-state index in [0.717, 1.165) is 6.08 Å². The van der Waals surface area contributed by atoms with Gasteiger partial charge in [-0.1, -0.05) is 24.8 Å². The van der Waals surface area contributed by atoms with Crippen molar-refractivity contribution in [3.63, 3.8) is 0 Å². The van der Waals surface area contributed by atoms with Gasteiger partial charge in [0.2, 0.25) is 7.37 Å². The second-order valence-corrected chi connectivity index (χ2v) is 6.47. The van der Waals surface area contributed by atoms with Crippen molar-refractivity contribution in [2.45, 2.75) is 6.42 Å². The van der Waals surface area contributed by atoms with E-state index < -0.39 is 19.3 Å². The lowest BCUT2D eigenvalue weighted by Gasteiger charge is -2.11. The highest BCUT2D eigenvalue weighted by atomic mass is 31.2. The highest BCUT2D eigenvalue weighted by Gasteiger charge is 2.22. The minimum absolute atomic E-state index is 0.0773. The zero-order chi connectivity index (χ0) is 15.7. The molecular formula is C14H17O6P. The lowest BCUT2D eigenvalue weighted by atomic mass is 10.4. The van der Waals surface area contributed by atoms with Crippen LogP contribution in [0.25, 0.3) is 0 Å². The molecule has 7 heteroatoms. The first-order chi connectivity index (χ1) is 9.95. The predicted octanol–water partition coefficient (Wildman–Crippen LogP) is 1.24. The Morgan fingerprint density at radius 3 is 2.43 bits per heavy atom. The number of carbonyl (C=O) groups excluding carboxylic acids is 2. The highest BCUT2D eigenvalue weighted by molar-refractivity contribution is 7.66. The third-order valence-electron chi connectivity index (χ3n) is 2.54. The van der Waals surface area contributed by atoms with Gasteiger partial charge >= 0.3 is 11.9 Å². The molecule has 1 unspecified atom stereocenters. The van der Waals surface area contributed by atoms with E-state index in [1.807, 2.05) is 0 Å². The summed E-state index contributed by atoms with van der Waals surface area (Å²) in [6.07, 6.45) is 0.629. The molecule has 0 aliphatic rings. The van der Waals surface area contributed by atoms with Crippen molar-refractivity contribution in [3.8, 4) is 0 Å². The smallest absolute Gasteiger partial charge is 0.330 e. The number of rotatable bonds is 8. The van der Waals surface area contributed by atoms with Gasteiger partial charge in [-0.05, 0) is 12.1 Å². The fourth-order valence-corrected chi connectivity index (χ4v) is 2.84. The van der Waals surface area contributed by atoms with Crippen LogP contribution in [0.4, 0.5) is 0 Å². The average Bonchev–Trinajstić information content (AvgIpc) is 2.50. The minimum Gasteiger partial charge on any atom is -0.462 e. The third kappa shape index (κ3) is 6.38. The van der Waals surface area contributed by atoms with Crippen LogP contribution < -0.4 is 5.30 Å². The van der Waals surface area contributed by atoms with Crippen molar-refractivity contribution in [1.82, 2.24) is 0 Å². The Kier molecular flexibility index (Phi) is 6.85. The summed E-state index contributed by atoms with van der Waals surface area (Å²) in [5, 5.41) is 0.303. The van der Waals surface area contributed by atoms with Gasteiger partial charge in [0.15, 0.2) is 0 Å². The van der Waals surface area contributed by atoms with E-state index in [2.05, 4.69) is 11.3 Å². The molecule has 0 saturated heterocycles. The first-order valence-corrected chi connectivity index (χ1v) is 8.12. The van der Waals surface area contributed by atoms with E-state index in [-0.39, 0.29) is 25.8 Å². The molecule has 0 spiro atoms. The molecule has 0 heterocycles. The molecule has 1 N–H and O–H groups in total. The van der Waals surface area contributed by atoms with Gasteiger partial charge in [0.1, 0.15) is 13.2 Å². The molecule has 1 rings (SSSR count). The van der Waals surface area contributed by atoms with Crippen molar-refractivity contribution in [1.29, 1.82) is 0 Å². The van der Waals surface area contributed by atoms with E-state index >= 15 is 0 Å². The van der Waals surface area contributed by atoms with E-state index in [1.54, 1.807) is 30.3 Å². The van der Waals surface area contributed by atoms with Crippen LogP contribution in [0.2, 0.25) is 0 Å². The zero-order valence-corrected chi connectivity index (χ0v) is 12.3. The maximum atomic E-state index is 12.0. The van der Waals surface area contributed by atoms with Gasteiger partial charge in [0, 0.05) is 17.5 Å². The summed E-state index contributed by atoms with van der Waals surface area (Å²) in [4.78, 5) is 32.0. The number of benzene rings is 1. The van der Waals surface area contributed by atoms with Crippen molar-refractivity contribution in [2.24, 2.45) is 0 Å². The van der Waals surface area contributed by atoms with Crippen LogP contribution in [0.15, 0.2) is 43.0 Å². The lowest BCUT2D eigenvalue weighted by Crippen LogP contribution is -2.15. The van der Waals surface area contributed by atoms with Gasteiger partial charge in [-0.3, -0.25) is 9.36 Å². The summed E-state index contributed by atoms with van der Waals surface area (Å²) in [5.74, 6) is -1.22. The Morgan fingerprint density at radius 1 is 1.19 bits per heavy atom. The Bertz CT molecular complexity index is 540. The summed E-state index contributed by atoms with van der Waals surface area (Å²) in [6, 6.07) is 8.14. The van der Waals surface area contributed by atoms with Crippen LogP contribution in [0.5, 0.6) is 0 Å². The molecule has 114 valence electrons. The summed E-state index contributed by atoms with van der Waals surface area (Å²) < 4.78 is 21.4. The van der Waals surface area contributed by atoms with E-state index in [0.29, 0.717) is 5.30 Å². The highest BCUT2D eigenvalue weighted by Crippen LogP contribution is 2.39. The quantitative estimate of drug-likeness (QED) is 0.336. The van der Waals surface area contributed by atoms with Crippen molar-refractivity contribution in [2.75, 3.05) is 19.4 Å². The van der Waals surface area contributed by atoms with Gasteiger partial charge < -0.3 is 14.4 Å². The molecule has 0 bridgehead atoms. The fraction of sp³-hybridized carbons (Fsp3) is 0.286. The van der Waals surface area contributed by atoms with Crippen LogP contribution in [0.1, 0.15) is 6.42 Å². The summed E-state index contributed by atoms with van der Waals surface area (Å²) >= 11 is 0. The maximum absolute atomic E-state index is 12.0. The van der Waals surface area contributed by atoms with E-state index in [4.69, 9.17) is 4.74 Å². The largest absolute Gasteiger partial charge is 0.462 e. The van der Waals surface area contributed by atoms with Gasteiger partial charge in [0.05, 0.1) is 6.42 Å². The SMILES string of the molecule is C=CC(=O)OCCOC(=O)CCP(=O)(O)c1ccccc1. The minimum atomic E-state index is -3.56. The first kappa shape index (κ1) is 17.1. The molecule has 0 radical (unpaired) electrons. The molecule has 0 amide bonds. The zero-order valence-electron chi connectivity index (χ0n) is 11.4. The predicted molar refractivity (Wildman–Crippen MR) is 77.5 cm³/mol. The van der Waals surface area contributed by atoms with Gasteiger partial charge in [-0.2, -0.15) is 0 Å². The summed E-state index contributed by atoms with van der Waals surface area (Å²) in [7, 11) is -3.56. The summed E-state index contributed by atoms with van der Waals surface area (Å²) in [6.45, 7) is 3.04. The number of ether oxygens (including phenoxy) is 2. The molecule has 6 nitrogen and oxygen atoms in total. The number of carbonyl (C=O) groups is 2. The second-order valence-electron chi connectivity index (χ2n) is 4.10. The molecule has 0 fully saturated rings. The normalized spacial score (nSPS) is 13.0. The van der Waals surface area contributed by atoms with Crippen molar-refractivity contribution < 1.29 is 28.5 Å². The monoisotopic (exact) mass is 312 g/mol. The lowest BCUT2D eigenvalue weighted by molar-refractivity contribution is -0.149. The molecule has 1 aromatic rings. The van der Waals surface area contributed by atoms with Crippen LogP contribution >= 0.6 is 7.37 Å². The average molecular weight is 312 g/mol. The maximum Gasteiger partial charge on any atom is 0.330 e. The molecule has 1 aromatic carbocycles. The molecule has 0 aromatic heterocycles. The number of hydrogen-bond acceptors (Lipinski definition) is 5. The van der Waals surface area contributed by atoms with Crippen LogP contribution in [0.3, 0.4) is 0 Å². The molecular weight excluding hydrogens is 295 g/mol. The van der Waals surface area contributed by atoms with Crippen LogP contribution in [0, 0.1) is 0 Å². The van der Waals surface area contributed by atoms with E-state index in [9.17, 15) is 19.0 Å². The van der Waals surface area contributed by atoms with Crippen LogP contribution in [-0.2, 0) is 23.6 Å². The second kappa shape index (κ2) is 8.39. The van der Waals surface area contributed by atoms with Gasteiger partial charge in [-0.25, -0.2) is 4.79 Å². The number of hydrogen-bond donors (Lipinski definition) is 1. The Balaban J connectivity index is 2.31. The van der Waals surface area contributed by atoms with Gasteiger partial charge in [0.25, 0.3) is 0 Å². The topological polar surface area (TPSA) is 89.9 Å². The van der Waals surface area contributed by atoms with Crippen molar-refractivity contribution >= 4 is 24.6 Å².